The molecule has 9 heteroatoms. The Labute approximate surface area is 131 Å². The van der Waals surface area contributed by atoms with Gasteiger partial charge in [-0.2, -0.15) is 0 Å². The van der Waals surface area contributed by atoms with E-state index < -0.39 is 12.0 Å². The second-order valence-corrected chi connectivity index (χ2v) is 6.62. The zero-order valence-corrected chi connectivity index (χ0v) is 13.1. The van der Waals surface area contributed by atoms with Crippen molar-refractivity contribution in [3.8, 4) is 0 Å². The van der Waals surface area contributed by atoms with E-state index in [9.17, 15) is 14.7 Å². The lowest BCUT2D eigenvalue weighted by atomic mass is 10.0. The lowest BCUT2D eigenvalue weighted by Crippen LogP contribution is -2.68. The minimum Gasteiger partial charge on any atom is -0.477 e. The number of nitrogens with two attached hydrogens (primary N) is 2. The summed E-state index contributed by atoms with van der Waals surface area (Å²) >= 11 is 1.50. The molecule has 3 rings (SSSR count). The van der Waals surface area contributed by atoms with Gasteiger partial charge < -0.3 is 16.6 Å². The first kappa shape index (κ1) is 14.9. The van der Waals surface area contributed by atoms with Crippen LogP contribution in [0.3, 0.4) is 0 Å². The van der Waals surface area contributed by atoms with E-state index >= 15 is 0 Å². The predicted octanol–water partition coefficient (Wildman–Crippen LogP) is -1.22. The summed E-state index contributed by atoms with van der Waals surface area (Å²) in [6.45, 7) is 2.26. The number of carboxylic acids is 1. The molecular weight excluding hydrogens is 306 g/mol. The van der Waals surface area contributed by atoms with Crippen LogP contribution >= 0.6 is 11.8 Å². The Balaban J connectivity index is 1.98. The van der Waals surface area contributed by atoms with Crippen LogP contribution in [0, 0.1) is 6.92 Å². The number of hydrogen-bond acceptors (Lipinski definition) is 5. The van der Waals surface area contributed by atoms with Gasteiger partial charge in [0.05, 0.1) is 12.6 Å². The molecular formula is C13H18N5O3S+. The van der Waals surface area contributed by atoms with Crippen molar-refractivity contribution >= 4 is 29.5 Å². The van der Waals surface area contributed by atoms with Gasteiger partial charge in [-0.3, -0.25) is 9.69 Å². The van der Waals surface area contributed by atoms with E-state index in [1.54, 1.807) is 4.68 Å². The number of nitrogens with zero attached hydrogens (tertiary/aromatic N) is 3. The van der Waals surface area contributed by atoms with E-state index in [1.165, 1.54) is 16.7 Å². The Kier molecular flexibility index (Phi) is 3.41. The molecule has 1 aromatic heterocycles. The highest BCUT2D eigenvalue weighted by atomic mass is 32.2. The lowest BCUT2D eigenvalue weighted by molar-refractivity contribution is -0.765. The van der Waals surface area contributed by atoms with Gasteiger partial charge in [0.15, 0.2) is 12.4 Å². The highest BCUT2D eigenvalue weighted by molar-refractivity contribution is 8.00. The van der Waals surface area contributed by atoms with Crippen molar-refractivity contribution in [2.24, 2.45) is 12.8 Å². The monoisotopic (exact) mass is 324 g/mol. The third-order valence-corrected chi connectivity index (χ3v) is 5.49. The van der Waals surface area contributed by atoms with Crippen molar-refractivity contribution in [1.82, 2.24) is 9.58 Å². The smallest absolute Gasteiger partial charge is 0.352 e. The molecule has 1 amide bonds. The summed E-state index contributed by atoms with van der Waals surface area (Å²) in [7, 11) is 1.81. The number of aromatic nitrogens is 2. The Morgan fingerprint density at radius 2 is 2.27 bits per heavy atom. The molecule has 2 aliphatic rings. The van der Waals surface area contributed by atoms with Crippen LogP contribution in [0.15, 0.2) is 17.5 Å². The van der Waals surface area contributed by atoms with Gasteiger partial charge in [0, 0.05) is 11.3 Å². The average Bonchev–Trinajstić information content (AvgIpc) is 2.73. The van der Waals surface area contributed by atoms with Crippen LogP contribution in [-0.2, 0) is 23.2 Å². The topological polar surface area (TPSA) is 118 Å². The van der Waals surface area contributed by atoms with Crippen LogP contribution in [0.5, 0.6) is 0 Å². The maximum Gasteiger partial charge on any atom is 0.352 e. The summed E-state index contributed by atoms with van der Waals surface area (Å²) in [4.78, 5) is 24.8. The van der Waals surface area contributed by atoms with Crippen molar-refractivity contribution in [3.05, 3.63) is 23.0 Å². The van der Waals surface area contributed by atoms with Gasteiger partial charge in [0.2, 0.25) is 12.1 Å². The minimum atomic E-state index is -1.10. The number of anilines is 1. The van der Waals surface area contributed by atoms with Crippen molar-refractivity contribution in [2.45, 2.75) is 24.9 Å². The van der Waals surface area contributed by atoms with Crippen LogP contribution in [0.2, 0.25) is 0 Å². The fourth-order valence-corrected chi connectivity index (χ4v) is 4.10. The number of hydrogen-bond donors (Lipinski definition) is 3. The van der Waals surface area contributed by atoms with E-state index in [-0.39, 0.29) is 17.0 Å². The van der Waals surface area contributed by atoms with Crippen LogP contribution in [0.1, 0.15) is 5.56 Å². The van der Waals surface area contributed by atoms with Gasteiger partial charge in [-0.05, 0) is 6.92 Å². The molecule has 0 aromatic carbocycles. The van der Waals surface area contributed by atoms with Gasteiger partial charge >= 0.3 is 5.97 Å². The Morgan fingerprint density at radius 1 is 1.59 bits per heavy atom. The second-order valence-electron chi connectivity index (χ2n) is 5.51. The van der Waals surface area contributed by atoms with E-state index in [0.717, 1.165) is 5.56 Å². The van der Waals surface area contributed by atoms with Crippen molar-refractivity contribution in [1.29, 1.82) is 0 Å². The number of β-lactam (4-membered cyclic amide) rings is 1. The molecule has 0 spiro atoms. The molecule has 0 unspecified atom stereocenters. The van der Waals surface area contributed by atoms with Gasteiger partial charge in [-0.1, -0.05) is 0 Å². The number of carboxylic acid groups (broad SMARTS) is 1. The van der Waals surface area contributed by atoms with Gasteiger partial charge in [0.25, 0.3) is 0 Å². The molecule has 2 aliphatic heterocycles. The Bertz CT molecular complexity index is 711. The molecule has 0 aliphatic carbocycles. The van der Waals surface area contributed by atoms with Crippen LogP contribution < -0.4 is 16.1 Å². The summed E-state index contributed by atoms with van der Waals surface area (Å²) in [5.41, 5.74) is 13.3. The Hall–Kier alpha value is -2.00. The van der Waals surface area contributed by atoms with Crippen LogP contribution in [0.25, 0.3) is 0 Å². The van der Waals surface area contributed by atoms with Crippen LogP contribution in [0.4, 0.5) is 5.82 Å². The number of carbonyl (C=O) groups excluding carboxylic acids is 1. The van der Waals surface area contributed by atoms with E-state index in [2.05, 4.69) is 0 Å². The summed E-state index contributed by atoms with van der Waals surface area (Å²) in [5, 5.41) is 9.23. The zero-order chi connectivity index (χ0) is 16.2. The summed E-state index contributed by atoms with van der Waals surface area (Å²) in [5.74, 6) is -0.276. The summed E-state index contributed by atoms with van der Waals surface area (Å²) in [6.07, 6.45) is 1.86. The normalized spacial score (nSPS) is 24.3. The molecule has 118 valence electrons. The molecule has 0 saturated carbocycles. The number of thioether (sulfide) groups is 1. The fourth-order valence-electron chi connectivity index (χ4n) is 2.82. The lowest BCUT2D eigenvalue weighted by Gasteiger charge is -2.47. The minimum absolute atomic E-state index is 0.0559. The quantitative estimate of drug-likeness (QED) is 0.474. The molecule has 5 N–H and O–H groups in total. The first-order chi connectivity index (χ1) is 10.3. The number of aryl methyl sites for hydroxylation is 1. The molecule has 1 saturated heterocycles. The fraction of sp³-hybridized carbons (Fsp3) is 0.462. The predicted molar refractivity (Wildman–Crippen MR) is 80.5 cm³/mol. The van der Waals surface area contributed by atoms with E-state index in [0.29, 0.717) is 23.7 Å². The highest BCUT2D eigenvalue weighted by Gasteiger charge is 2.52. The van der Waals surface area contributed by atoms with Crippen LogP contribution in [-0.4, -0.2) is 43.7 Å². The van der Waals surface area contributed by atoms with Crippen molar-refractivity contribution in [3.63, 3.8) is 0 Å². The zero-order valence-electron chi connectivity index (χ0n) is 12.3. The summed E-state index contributed by atoms with van der Waals surface area (Å²) < 4.78 is 3.61. The number of nitrogen functional groups attached to an aromatic ring is 1. The van der Waals surface area contributed by atoms with Gasteiger partial charge in [-0.15, -0.1) is 21.1 Å². The number of carbonyl (C=O) groups is 2. The molecule has 1 aromatic rings. The third-order valence-electron chi connectivity index (χ3n) is 4.12. The maximum atomic E-state index is 11.9. The van der Waals surface area contributed by atoms with Gasteiger partial charge in [-0.25, -0.2) is 4.79 Å². The van der Waals surface area contributed by atoms with Crippen molar-refractivity contribution < 1.29 is 19.4 Å². The molecule has 0 bridgehead atoms. The van der Waals surface area contributed by atoms with E-state index in [4.69, 9.17) is 11.5 Å². The second kappa shape index (κ2) is 5.03. The average molecular weight is 324 g/mol. The molecule has 2 atom stereocenters. The number of rotatable bonds is 3. The first-order valence-electron chi connectivity index (χ1n) is 6.80. The standard InChI is InChI=1S/C13H17N5O3S/c1-6-3-17(16(2)10(6)15)4-7-5-22-12-8(14)11(19)18(12)9(7)13(20)21/h3,8,12,15H,4-5,14H2,1-2H3,(H,20,21)/p+1/t8-,12-/m1/s1. The molecule has 8 nitrogen and oxygen atoms in total. The van der Waals surface area contributed by atoms with E-state index in [1.807, 2.05) is 24.9 Å². The maximum absolute atomic E-state index is 11.9. The number of aliphatic carboxylic acids is 1. The summed E-state index contributed by atoms with van der Waals surface area (Å²) in [6, 6.07) is -0.610. The molecule has 22 heavy (non-hydrogen) atoms. The molecule has 0 radical (unpaired) electrons. The Morgan fingerprint density at radius 3 is 2.82 bits per heavy atom. The number of fused-ring (bicyclic) bond motifs is 1. The molecule has 3 heterocycles. The van der Waals surface area contributed by atoms with Crippen molar-refractivity contribution in [2.75, 3.05) is 11.5 Å². The third kappa shape index (κ3) is 2.00. The number of amides is 1. The SMILES string of the molecule is Cc1c[n+](CC2=C(C(=O)O)N3C(=O)[C@@H](N)[C@H]3SC2)n(C)c1N. The van der Waals surface area contributed by atoms with Gasteiger partial charge in [0.1, 0.15) is 17.1 Å². The first-order valence-corrected chi connectivity index (χ1v) is 7.85. The molecule has 1 fully saturated rings. The highest BCUT2D eigenvalue weighted by Crippen LogP contribution is 2.39. The largest absolute Gasteiger partial charge is 0.477 e.